The molecule has 5 nitrogen and oxygen atoms in total. The fourth-order valence-corrected chi connectivity index (χ4v) is 1.21. The molecule has 12 heavy (non-hydrogen) atoms. The fraction of sp³-hybridized carbons (Fsp3) is 0.333. The van der Waals surface area contributed by atoms with Crippen LogP contribution in [0, 0.1) is 0 Å². The Bertz CT molecular complexity index is 353. The number of sulfonamides is 1. The van der Waals surface area contributed by atoms with Crippen molar-refractivity contribution in [2.45, 2.75) is 11.5 Å². The number of nitrogens with two attached hydrogens (primary N) is 1. The second kappa shape index (κ2) is 3.26. The molecule has 0 fully saturated rings. The van der Waals surface area contributed by atoms with Crippen molar-refractivity contribution in [1.29, 1.82) is 0 Å². The first-order chi connectivity index (χ1) is 5.54. The van der Waals surface area contributed by atoms with Crippen LogP contribution in [0.3, 0.4) is 0 Å². The van der Waals surface area contributed by atoms with Crippen molar-refractivity contribution in [2.24, 2.45) is 5.14 Å². The van der Waals surface area contributed by atoms with Gasteiger partial charge in [0, 0.05) is 13.2 Å². The largest absolute Gasteiger partial charge is 0.465 e. The Hall–Kier alpha value is -0.850. The first-order valence-corrected chi connectivity index (χ1v) is 4.68. The fourth-order valence-electron chi connectivity index (χ4n) is 0.728. The lowest BCUT2D eigenvalue weighted by molar-refractivity contribution is 0.164. The molecule has 0 aliphatic rings. The zero-order chi connectivity index (χ0) is 9.19. The molecule has 2 N–H and O–H groups in total. The topological polar surface area (TPSA) is 82.5 Å². The van der Waals surface area contributed by atoms with Gasteiger partial charge >= 0.3 is 0 Å². The van der Waals surface area contributed by atoms with Crippen LogP contribution < -0.4 is 5.14 Å². The highest BCUT2D eigenvalue weighted by Crippen LogP contribution is 2.12. The van der Waals surface area contributed by atoms with Crippen molar-refractivity contribution in [2.75, 3.05) is 7.11 Å². The van der Waals surface area contributed by atoms with E-state index in [2.05, 4.69) is 0 Å². The standard InChI is InChI=1S/C6H9NO4S/c1-10-3-5-2-6(4-11-5)12(7,8)9/h2,4H,3H2,1H3,(H2,7,8,9). The third-order valence-corrected chi connectivity index (χ3v) is 2.12. The van der Waals surface area contributed by atoms with Gasteiger partial charge in [-0.2, -0.15) is 0 Å². The van der Waals surface area contributed by atoms with Gasteiger partial charge < -0.3 is 9.15 Å². The zero-order valence-electron chi connectivity index (χ0n) is 6.48. The molecule has 0 spiro atoms. The predicted molar refractivity (Wildman–Crippen MR) is 40.8 cm³/mol. The van der Waals surface area contributed by atoms with Crippen LogP contribution in [0.4, 0.5) is 0 Å². The van der Waals surface area contributed by atoms with Crippen LogP contribution in [-0.2, 0) is 21.4 Å². The third kappa shape index (κ3) is 2.07. The van der Waals surface area contributed by atoms with Crippen LogP contribution in [-0.4, -0.2) is 15.5 Å². The molecule has 1 rings (SSSR count). The molecular weight excluding hydrogens is 182 g/mol. The summed E-state index contributed by atoms with van der Waals surface area (Å²) in [5, 5.41) is 4.84. The lowest BCUT2D eigenvalue weighted by atomic mass is 10.5. The SMILES string of the molecule is COCc1cc(S(N)(=O)=O)co1. The summed E-state index contributed by atoms with van der Waals surface area (Å²) in [4.78, 5) is -0.0328. The van der Waals surface area contributed by atoms with Crippen molar-refractivity contribution in [3.63, 3.8) is 0 Å². The Kier molecular flexibility index (Phi) is 2.51. The number of hydrogen-bond donors (Lipinski definition) is 1. The highest BCUT2D eigenvalue weighted by molar-refractivity contribution is 7.89. The molecule has 68 valence electrons. The highest BCUT2D eigenvalue weighted by atomic mass is 32.2. The molecule has 0 atom stereocenters. The number of hydrogen-bond acceptors (Lipinski definition) is 4. The third-order valence-electron chi connectivity index (χ3n) is 1.24. The minimum Gasteiger partial charge on any atom is -0.465 e. The molecule has 0 saturated carbocycles. The molecule has 0 saturated heterocycles. The van der Waals surface area contributed by atoms with E-state index < -0.39 is 10.0 Å². The summed E-state index contributed by atoms with van der Waals surface area (Å²) in [6.45, 7) is 0.232. The second-order valence-corrected chi connectivity index (χ2v) is 3.79. The van der Waals surface area contributed by atoms with E-state index in [0.717, 1.165) is 6.26 Å². The Balaban J connectivity index is 2.92. The maximum atomic E-state index is 10.7. The van der Waals surface area contributed by atoms with Gasteiger partial charge in [0.15, 0.2) is 0 Å². The first kappa shape index (κ1) is 9.24. The predicted octanol–water partition coefficient (Wildman–Crippen LogP) is 0.0734. The average Bonchev–Trinajstić information content (AvgIpc) is 2.35. The molecule has 0 radical (unpaired) electrons. The molecule has 0 aliphatic carbocycles. The van der Waals surface area contributed by atoms with Crippen LogP contribution >= 0.6 is 0 Å². The van der Waals surface area contributed by atoms with Gasteiger partial charge in [-0.1, -0.05) is 0 Å². The Morgan fingerprint density at radius 1 is 1.67 bits per heavy atom. The van der Waals surface area contributed by atoms with Gasteiger partial charge in [-0.25, -0.2) is 13.6 Å². The normalized spacial score (nSPS) is 11.8. The van der Waals surface area contributed by atoms with Gasteiger partial charge in [-0.3, -0.25) is 0 Å². The summed E-state index contributed by atoms with van der Waals surface area (Å²) in [6.07, 6.45) is 1.09. The van der Waals surface area contributed by atoms with Crippen molar-refractivity contribution in [1.82, 2.24) is 0 Å². The van der Waals surface area contributed by atoms with Crippen molar-refractivity contribution < 1.29 is 17.6 Å². The summed E-state index contributed by atoms with van der Waals surface area (Å²) >= 11 is 0. The van der Waals surface area contributed by atoms with Gasteiger partial charge in [-0.05, 0) is 0 Å². The van der Waals surface area contributed by atoms with E-state index in [1.807, 2.05) is 0 Å². The van der Waals surface area contributed by atoms with Gasteiger partial charge in [0.05, 0.1) is 0 Å². The van der Waals surface area contributed by atoms with E-state index in [0.29, 0.717) is 5.76 Å². The van der Waals surface area contributed by atoms with E-state index in [1.54, 1.807) is 0 Å². The molecule has 0 aromatic carbocycles. The molecule has 0 bridgehead atoms. The van der Waals surface area contributed by atoms with E-state index in [9.17, 15) is 8.42 Å². The molecule has 1 heterocycles. The summed E-state index contributed by atoms with van der Waals surface area (Å²) in [5.74, 6) is 0.432. The Morgan fingerprint density at radius 3 is 2.75 bits per heavy atom. The van der Waals surface area contributed by atoms with Crippen LogP contribution in [0.5, 0.6) is 0 Å². The monoisotopic (exact) mass is 191 g/mol. The summed E-state index contributed by atoms with van der Waals surface area (Å²) in [6, 6.07) is 1.33. The molecule has 0 aliphatic heterocycles. The quantitative estimate of drug-likeness (QED) is 0.733. The Morgan fingerprint density at radius 2 is 2.33 bits per heavy atom. The minimum atomic E-state index is -3.65. The van der Waals surface area contributed by atoms with Gasteiger partial charge in [-0.15, -0.1) is 0 Å². The van der Waals surface area contributed by atoms with E-state index in [4.69, 9.17) is 14.3 Å². The van der Waals surface area contributed by atoms with E-state index in [1.165, 1.54) is 13.2 Å². The number of primary sulfonamides is 1. The van der Waals surface area contributed by atoms with Crippen LogP contribution in [0.25, 0.3) is 0 Å². The number of ether oxygens (including phenoxy) is 1. The highest BCUT2D eigenvalue weighted by Gasteiger charge is 2.11. The van der Waals surface area contributed by atoms with Crippen molar-refractivity contribution >= 4 is 10.0 Å². The second-order valence-electron chi connectivity index (χ2n) is 2.23. The lowest BCUT2D eigenvalue weighted by Gasteiger charge is -1.89. The average molecular weight is 191 g/mol. The molecule has 0 amide bonds. The zero-order valence-corrected chi connectivity index (χ0v) is 7.30. The number of rotatable bonds is 3. The molecular formula is C6H9NO4S. The summed E-state index contributed by atoms with van der Waals surface area (Å²) < 4.78 is 31.0. The van der Waals surface area contributed by atoms with E-state index >= 15 is 0 Å². The van der Waals surface area contributed by atoms with Gasteiger partial charge in [0.25, 0.3) is 0 Å². The lowest BCUT2D eigenvalue weighted by Crippen LogP contribution is -2.10. The van der Waals surface area contributed by atoms with Crippen molar-refractivity contribution in [3.8, 4) is 0 Å². The smallest absolute Gasteiger partial charge is 0.241 e. The van der Waals surface area contributed by atoms with Crippen LogP contribution in [0.1, 0.15) is 5.76 Å². The summed E-state index contributed by atoms with van der Waals surface area (Å²) in [5.41, 5.74) is 0. The number of methoxy groups -OCH3 is 1. The molecule has 6 heteroatoms. The van der Waals surface area contributed by atoms with E-state index in [-0.39, 0.29) is 11.5 Å². The minimum absolute atomic E-state index is 0.0328. The number of furan rings is 1. The van der Waals surface area contributed by atoms with Crippen molar-refractivity contribution in [3.05, 3.63) is 18.1 Å². The van der Waals surface area contributed by atoms with Crippen LogP contribution in [0.2, 0.25) is 0 Å². The summed E-state index contributed by atoms with van der Waals surface area (Å²) in [7, 11) is -2.16. The Labute approximate surface area is 70.2 Å². The maximum Gasteiger partial charge on any atom is 0.241 e. The molecule has 0 unspecified atom stereocenters. The molecule has 1 aromatic rings. The first-order valence-electron chi connectivity index (χ1n) is 3.13. The maximum absolute atomic E-state index is 10.7. The van der Waals surface area contributed by atoms with Crippen LogP contribution in [0.15, 0.2) is 21.6 Å². The van der Waals surface area contributed by atoms with Gasteiger partial charge in [0.2, 0.25) is 10.0 Å². The van der Waals surface area contributed by atoms with Gasteiger partial charge in [0.1, 0.15) is 23.5 Å². The molecule has 1 aromatic heterocycles.